The number of benzene rings is 2. The molecule has 1 amide bonds. The average molecular weight is 406 g/mol. The highest BCUT2D eigenvalue weighted by Crippen LogP contribution is 2.20. The van der Waals surface area contributed by atoms with Crippen LogP contribution in [0.2, 0.25) is 5.02 Å². The summed E-state index contributed by atoms with van der Waals surface area (Å²) in [7, 11) is 0. The number of carbonyl (C=O) groups excluding carboxylic acids is 2. The second kappa shape index (κ2) is 10.0. The summed E-state index contributed by atoms with van der Waals surface area (Å²) in [5.41, 5.74) is 2.74. The number of amides is 1. The molecule has 28 heavy (non-hydrogen) atoms. The molecule has 0 aliphatic rings. The van der Waals surface area contributed by atoms with Gasteiger partial charge in [0.1, 0.15) is 5.75 Å². The topological polar surface area (TPSA) is 120 Å². The van der Waals surface area contributed by atoms with Crippen molar-refractivity contribution < 1.29 is 24.0 Å². The second-order valence-corrected chi connectivity index (χ2v) is 5.70. The molecule has 0 saturated heterocycles. The van der Waals surface area contributed by atoms with E-state index >= 15 is 0 Å². The van der Waals surface area contributed by atoms with E-state index in [0.717, 1.165) is 0 Å². The van der Waals surface area contributed by atoms with E-state index in [0.29, 0.717) is 11.3 Å². The van der Waals surface area contributed by atoms with Crippen LogP contribution in [0.1, 0.15) is 22.8 Å². The summed E-state index contributed by atoms with van der Waals surface area (Å²) in [5.74, 6) is -0.609. The molecule has 0 spiro atoms. The first kappa shape index (κ1) is 20.8. The normalized spacial score (nSPS) is 10.5. The number of nitro benzene ring substituents is 1. The molecular weight excluding hydrogens is 390 g/mol. The number of nitrogens with zero attached hydrogens (tertiary/aromatic N) is 2. The third kappa shape index (κ3) is 6.06. The third-order valence-electron chi connectivity index (χ3n) is 3.32. The van der Waals surface area contributed by atoms with E-state index in [-0.39, 0.29) is 29.5 Å². The Morgan fingerprint density at radius 3 is 2.61 bits per heavy atom. The molecule has 0 atom stereocenters. The van der Waals surface area contributed by atoms with E-state index in [2.05, 4.69) is 10.5 Å². The zero-order chi connectivity index (χ0) is 20.5. The van der Waals surface area contributed by atoms with Crippen molar-refractivity contribution in [3.05, 3.63) is 68.7 Å². The molecule has 10 heteroatoms. The van der Waals surface area contributed by atoms with Crippen molar-refractivity contribution in [3.8, 4) is 5.75 Å². The number of hydrogen-bond acceptors (Lipinski definition) is 7. The molecule has 2 aromatic carbocycles. The van der Waals surface area contributed by atoms with Gasteiger partial charge in [-0.2, -0.15) is 5.10 Å². The molecule has 0 radical (unpaired) electrons. The van der Waals surface area contributed by atoms with Gasteiger partial charge in [0, 0.05) is 22.7 Å². The molecule has 0 aromatic heterocycles. The van der Waals surface area contributed by atoms with Crippen LogP contribution in [0.15, 0.2) is 47.6 Å². The summed E-state index contributed by atoms with van der Waals surface area (Å²) in [4.78, 5) is 33.5. The zero-order valence-corrected chi connectivity index (χ0v) is 15.5. The van der Waals surface area contributed by atoms with Crippen LogP contribution in [0.4, 0.5) is 5.69 Å². The standard InChI is InChI=1S/C18H16ClN3O6/c1-2-27-18(24)12-3-6-15(7-4-12)28-11-17(23)21-20-10-13-9-14(22(25)26)5-8-16(13)19/h3-10H,2,11H2,1H3,(H,21,23). The van der Waals surface area contributed by atoms with Gasteiger partial charge in [0.05, 0.1) is 23.3 Å². The maximum atomic E-state index is 11.8. The van der Waals surface area contributed by atoms with E-state index in [1.165, 1.54) is 48.7 Å². The minimum Gasteiger partial charge on any atom is -0.484 e. The minimum absolute atomic E-state index is 0.147. The van der Waals surface area contributed by atoms with Gasteiger partial charge in [0.15, 0.2) is 6.61 Å². The number of halogens is 1. The Morgan fingerprint density at radius 1 is 1.25 bits per heavy atom. The summed E-state index contributed by atoms with van der Waals surface area (Å²) in [6.07, 6.45) is 1.20. The van der Waals surface area contributed by atoms with Gasteiger partial charge in [-0.15, -0.1) is 0 Å². The summed E-state index contributed by atoms with van der Waals surface area (Å²) < 4.78 is 10.2. The van der Waals surface area contributed by atoms with E-state index in [9.17, 15) is 19.7 Å². The van der Waals surface area contributed by atoms with Crippen LogP contribution in [0.25, 0.3) is 0 Å². The van der Waals surface area contributed by atoms with Gasteiger partial charge in [-0.05, 0) is 37.3 Å². The van der Waals surface area contributed by atoms with Crippen LogP contribution in [0, 0.1) is 10.1 Å². The van der Waals surface area contributed by atoms with E-state index in [4.69, 9.17) is 21.1 Å². The Bertz CT molecular complexity index is 899. The van der Waals surface area contributed by atoms with E-state index in [1.807, 2.05) is 0 Å². The number of ether oxygens (including phenoxy) is 2. The lowest BCUT2D eigenvalue weighted by atomic mass is 10.2. The van der Waals surface area contributed by atoms with Gasteiger partial charge in [-0.1, -0.05) is 11.6 Å². The van der Waals surface area contributed by atoms with Crippen LogP contribution in [-0.4, -0.2) is 36.2 Å². The molecule has 0 heterocycles. The van der Waals surface area contributed by atoms with Crippen molar-refractivity contribution >= 4 is 35.4 Å². The lowest BCUT2D eigenvalue weighted by molar-refractivity contribution is -0.384. The Kier molecular flexibility index (Phi) is 7.46. The molecular formula is C18H16ClN3O6. The van der Waals surface area contributed by atoms with E-state index < -0.39 is 16.8 Å². The largest absolute Gasteiger partial charge is 0.484 e. The van der Waals surface area contributed by atoms with Gasteiger partial charge in [0.2, 0.25) is 0 Å². The first-order valence-electron chi connectivity index (χ1n) is 8.06. The Hall–Kier alpha value is -3.46. The predicted molar refractivity (Wildman–Crippen MR) is 102 cm³/mol. The molecule has 1 N–H and O–H groups in total. The molecule has 0 bridgehead atoms. The zero-order valence-electron chi connectivity index (χ0n) is 14.8. The first-order chi connectivity index (χ1) is 13.4. The van der Waals surface area contributed by atoms with Gasteiger partial charge >= 0.3 is 5.97 Å². The lowest BCUT2D eigenvalue weighted by Gasteiger charge is -2.06. The van der Waals surface area contributed by atoms with Crippen LogP contribution in [-0.2, 0) is 9.53 Å². The maximum Gasteiger partial charge on any atom is 0.338 e. The van der Waals surface area contributed by atoms with Crippen LogP contribution in [0.3, 0.4) is 0 Å². The van der Waals surface area contributed by atoms with Crippen molar-refractivity contribution in [3.63, 3.8) is 0 Å². The maximum absolute atomic E-state index is 11.8. The first-order valence-corrected chi connectivity index (χ1v) is 8.44. The Morgan fingerprint density at radius 2 is 1.96 bits per heavy atom. The number of carbonyl (C=O) groups is 2. The molecule has 0 aliphatic heterocycles. The molecule has 0 fully saturated rings. The van der Waals surface area contributed by atoms with E-state index in [1.54, 1.807) is 6.92 Å². The molecule has 146 valence electrons. The quantitative estimate of drug-likeness (QED) is 0.312. The van der Waals surface area contributed by atoms with Gasteiger partial charge in [-0.3, -0.25) is 14.9 Å². The van der Waals surface area contributed by atoms with Gasteiger partial charge in [-0.25, -0.2) is 10.2 Å². The summed E-state index contributed by atoms with van der Waals surface area (Å²) in [6.45, 7) is 1.67. The van der Waals surface area contributed by atoms with Crippen LogP contribution >= 0.6 is 11.6 Å². The Labute approximate surface area is 165 Å². The fourth-order valence-electron chi connectivity index (χ4n) is 2.00. The number of nitrogens with one attached hydrogen (secondary N) is 1. The van der Waals surface area contributed by atoms with Gasteiger partial charge in [0.25, 0.3) is 11.6 Å². The lowest BCUT2D eigenvalue weighted by Crippen LogP contribution is -2.24. The summed E-state index contributed by atoms with van der Waals surface area (Å²) in [5, 5.41) is 14.7. The van der Waals surface area contributed by atoms with Crippen molar-refractivity contribution in [1.29, 1.82) is 0 Å². The summed E-state index contributed by atoms with van der Waals surface area (Å²) in [6, 6.07) is 9.98. The van der Waals surface area contributed by atoms with Crippen molar-refractivity contribution in [2.75, 3.05) is 13.2 Å². The van der Waals surface area contributed by atoms with Crippen molar-refractivity contribution in [2.24, 2.45) is 5.10 Å². The monoisotopic (exact) mass is 405 g/mol. The fraction of sp³-hybridized carbons (Fsp3) is 0.167. The molecule has 9 nitrogen and oxygen atoms in total. The Balaban J connectivity index is 1.86. The highest BCUT2D eigenvalue weighted by atomic mass is 35.5. The number of hydrazone groups is 1. The predicted octanol–water partition coefficient (Wildman–Crippen LogP) is 2.95. The number of nitro groups is 1. The van der Waals surface area contributed by atoms with Crippen molar-refractivity contribution in [1.82, 2.24) is 5.43 Å². The average Bonchev–Trinajstić information content (AvgIpc) is 2.68. The number of non-ortho nitro benzene ring substituents is 1. The molecule has 2 rings (SSSR count). The SMILES string of the molecule is CCOC(=O)c1ccc(OCC(=O)NN=Cc2cc([N+](=O)[O-])ccc2Cl)cc1. The molecule has 0 aliphatic carbocycles. The smallest absolute Gasteiger partial charge is 0.338 e. The molecule has 2 aromatic rings. The fourth-order valence-corrected chi connectivity index (χ4v) is 2.17. The molecule has 0 unspecified atom stereocenters. The van der Waals surface area contributed by atoms with Crippen LogP contribution in [0.5, 0.6) is 5.75 Å². The molecule has 0 saturated carbocycles. The summed E-state index contributed by atoms with van der Waals surface area (Å²) >= 11 is 5.93. The van der Waals surface area contributed by atoms with Gasteiger partial charge < -0.3 is 9.47 Å². The van der Waals surface area contributed by atoms with Crippen molar-refractivity contribution in [2.45, 2.75) is 6.92 Å². The highest BCUT2D eigenvalue weighted by molar-refractivity contribution is 6.33. The highest BCUT2D eigenvalue weighted by Gasteiger charge is 2.09. The minimum atomic E-state index is -0.562. The third-order valence-corrected chi connectivity index (χ3v) is 3.66. The van der Waals surface area contributed by atoms with Crippen LogP contribution < -0.4 is 10.2 Å². The number of rotatable bonds is 8. The number of esters is 1. The second-order valence-electron chi connectivity index (χ2n) is 5.29. The number of hydrogen-bond donors (Lipinski definition) is 1.